The largest absolute Gasteiger partial charge is 0.416 e. The van der Waals surface area contributed by atoms with Crippen molar-refractivity contribution in [3.8, 4) is 0 Å². The maximum atomic E-state index is 14.6. The summed E-state index contributed by atoms with van der Waals surface area (Å²) in [7, 11) is 3.38. The lowest BCUT2D eigenvalue weighted by Gasteiger charge is -2.42. The average molecular weight is 560 g/mol. The quantitative estimate of drug-likeness (QED) is 0.300. The van der Waals surface area contributed by atoms with Crippen LogP contribution >= 0.6 is 11.6 Å². The number of anilines is 3. The normalized spacial score (nSPS) is 18.8. The maximum Gasteiger partial charge on any atom is 0.416 e. The van der Waals surface area contributed by atoms with Gasteiger partial charge in [0.2, 0.25) is 11.7 Å². The molecule has 0 aliphatic carbocycles. The fourth-order valence-corrected chi connectivity index (χ4v) is 4.84. The molecule has 1 amide bonds. The van der Waals surface area contributed by atoms with Gasteiger partial charge in [0.05, 0.1) is 17.5 Å². The molecule has 2 heterocycles. The second kappa shape index (κ2) is 12.6. The first-order valence-electron chi connectivity index (χ1n) is 12.0. The predicted molar refractivity (Wildman–Crippen MR) is 136 cm³/mol. The van der Waals surface area contributed by atoms with Gasteiger partial charge in [-0.1, -0.05) is 11.6 Å². The minimum atomic E-state index is -4.57. The maximum absolute atomic E-state index is 14.6. The van der Waals surface area contributed by atoms with Crippen LogP contribution in [0.2, 0.25) is 5.02 Å². The number of amides is 1. The van der Waals surface area contributed by atoms with Crippen LogP contribution in [0.25, 0.3) is 0 Å². The monoisotopic (exact) mass is 559 g/mol. The summed E-state index contributed by atoms with van der Waals surface area (Å²) in [6.45, 7) is 1.17. The third-order valence-corrected chi connectivity index (χ3v) is 6.81. The Bertz CT molecular complexity index is 1140. The standard InChI is InChI=1S/C24H30ClF4N7O2/c1-31-23(38)18-5-7-36(22-20(26)21(30)32-13-33-22)11-19(18)35(2)6-3-4-16(12-37)34-17-9-14(24(27,28)29)8-15(25)10-17/h8-10,12-13,16,18-19,34H,3-7,11H2,1-2H3,(H,31,38)(H2,30,32,33)/t16?,18-,19?/m0/s1. The number of nitrogen functional groups attached to an aromatic ring is 1. The van der Waals surface area contributed by atoms with E-state index in [-0.39, 0.29) is 40.2 Å². The number of nitrogens with zero attached hydrogens (tertiary/aromatic N) is 4. The second-order valence-corrected chi connectivity index (χ2v) is 9.59. The van der Waals surface area contributed by atoms with Crippen LogP contribution in [0, 0.1) is 11.7 Å². The van der Waals surface area contributed by atoms with Crippen molar-refractivity contribution < 1.29 is 27.2 Å². The van der Waals surface area contributed by atoms with Gasteiger partial charge in [0, 0.05) is 36.9 Å². The fraction of sp³-hybridized carbons (Fsp3) is 0.500. The van der Waals surface area contributed by atoms with Gasteiger partial charge in [-0.2, -0.15) is 17.6 Å². The topological polar surface area (TPSA) is 116 Å². The first kappa shape index (κ1) is 29.4. The van der Waals surface area contributed by atoms with Crippen LogP contribution < -0.4 is 21.3 Å². The molecule has 2 unspecified atom stereocenters. The van der Waals surface area contributed by atoms with E-state index in [4.69, 9.17) is 17.3 Å². The molecule has 4 N–H and O–H groups in total. The summed E-state index contributed by atoms with van der Waals surface area (Å²) in [6.07, 6.45) is -1.50. The smallest absolute Gasteiger partial charge is 0.381 e. The molecule has 1 saturated heterocycles. The van der Waals surface area contributed by atoms with Gasteiger partial charge in [-0.25, -0.2) is 9.97 Å². The number of aldehydes is 1. The Morgan fingerprint density at radius 3 is 2.74 bits per heavy atom. The Balaban J connectivity index is 1.65. The summed E-state index contributed by atoms with van der Waals surface area (Å²) in [5.41, 5.74) is 4.77. The van der Waals surface area contributed by atoms with E-state index in [1.54, 1.807) is 11.9 Å². The van der Waals surface area contributed by atoms with Gasteiger partial charge in [-0.3, -0.25) is 4.79 Å². The van der Waals surface area contributed by atoms with Gasteiger partial charge in [0.25, 0.3) is 0 Å². The number of aromatic nitrogens is 2. The lowest BCUT2D eigenvalue weighted by atomic mass is 9.89. The van der Waals surface area contributed by atoms with Gasteiger partial charge in [0.15, 0.2) is 11.6 Å². The van der Waals surface area contributed by atoms with Crippen LogP contribution in [-0.4, -0.2) is 72.9 Å². The molecule has 2 aromatic rings. The molecule has 3 atom stereocenters. The summed E-state index contributed by atoms with van der Waals surface area (Å²) in [6, 6.07) is 1.99. The number of nitrogens with one attached hydrogen (secondary N) is 2. The zero-order chi connectivity index (χ0) is 28.0. The molecule has 3 rings (SSSR count). The number of carbonyl (C=O) groups excluding carboxylic acids is 2. The molecule has 1 fully saturated rings. The van der Waals surface area contributed by atoms with E-state index in [9.17, 15) is 27.2 Å². The number of hydrogen-bond donors (Lipinski definition) is 3. The molecule has 0 radical (unpaired) electrons. The van der Waals surface area contributed by atoms with Crippen molar-refractivity contribution in [1.29, 1.82) is 0 Å². The van der Waals surface area contributed by atoms with Crippen LogP contribution in [0.4, 0.5) is 34.9 Å². The molecule has 0 saturated carbocycles. The third-order valence-electron chi connectivity index (χ3n) is 6.60. The number of carbonyl (C=O) groups is 2. The van der Waals surface area contributed by atoms with E-state index in [1.807, 2.05) is 11.9 Å². The molecule has 14 heteroatoms. The van der Waals surface area contributed by atoms with Gasteiger partial charge >= 0.3 is 6.18 Å². The van der Waals surface area contributed by atoms with E-state index in [0.717, 1.165) is 12.1 Å². The number of likely N-dealkylation sites (N-methyl/N-ethyl adjacent to an activating group) is 1. The van der Waals surface area contributed by atoms with E-state index in [0.29, 0.717) is 45.2 Å². The van der Waals surface area contributed by atoms with Crippen molar-refractivity contribution in [2.75, 3.05) is 49.7 Å². The number of hydrogen-bond acceptors (Lipinski definition) is 8. The van der Waals surface area contributed by atoms with Gasteiger partial charge in [0.1, 0.15) is 12.6 Å². The minimum absolute atomic E-state index is 0.0659. The van der Waals surface area contributed by atoms with E-state index in [2.05, 4.69) is 20.6 Å². The van der Waals surface area contributed by atoms with E-state index < -0.39 is 23.6 Å². The number of piperidine rings is 1. The Morgan fingerprint density at radius 2 is 2.08 bits per heavy atom. The SMILES string of the molecule is CNC(=O)[C@H]1CCN(c2ncnc(N)c2F)CC1N(C)CCCC(C=O)Nc1cc(Cl)cc(C(F)(F)F)c1. The highest BCUT2D eigenvalue weighted by molar-refractivity contribution is 6.31. The Kier molecular flexibility index (Phi) is 9.71. The minimum Gasteiger partial charge on any atom is -0.381 e. The zero-order valence-electron chi connectivity index (χ0n) is 20.9. The Labute approximate surface area is 222 Å². The molecule has 0 spiro atoms. The zero-order valence-corrected chi connectivity index (χ0v) is 21.7. The molecule has 38 heavy (non-hydrogen) atoms. The highest BCUT2D eigenvalue weighted by Gasteiger charge is 2.37. The van der Waals surface area contributed by atoms with Crippen LogP contribution in [0.15, 0.2) is 24.5 Å². The number of halogens is 5. The molecular formula is C24H30ClF4N7O2. The predicted octanol–water partition coefficient (Wildman–Crippen LogP) is 3.20. The van der Waals surface area contributed by atoms with Crippen molar-refractivity contribution in [3.63, 3.8) is 0 Å². The molecule has 1 aromatic heterocycles. The third kappa shape index (κ3) is 7.22. The lowest BCUT2D eigenvalue weighted by molar-refractivity contribution is -0.137. The number of benzene rings is 1. The first-order valence-corrected chi connectivity index (χ1v) is 12.3. The Morgan fingerprint density at radius 1 is 1.34 bits per heavy atom. The second-order valence-electron chi connectivity index (χ2n) is 9.16. The molecule has 1 aromatic carbocycles. The first-order chi connectivity index (χ1) is 17.9. The summed E-state index contributed by atoms with van der Waals surface area (Å²) in [4.78, 5) is 35.6. The van der Waals surface area contributed by atoms with Gasteiger partial charge in [-0.05, 0) is 51.1 Å². The Hall–Kier alpha value is -3.19. The number of alkyl halides is 3. The molecule has 9 nitrogen and oxygen atoms in total. The summed E-state index contributed by atoms with van der Waals surface area (Å²) in [5, 5.41) is 5.37. The molecule has 1 aliphatic heterocycles. The lowest BCUT2D eigenvalue weighted by Crippen LogP contribution is -2.56. The van der Waals surface area contributed by atoms with Crippen molar-refractivity contribution in [2.45, 2.75) is 37.5 Å². The van der Waals surface area contributed by atoms with Crippen molar-refractivity contribution in [3.05, 3.63) is 40.9 Å². The van der Waals surface area contributed by atoms with E-state index in [1.165, 1.54) is 12.4 Å². The van der Waals surface area contributed by atoms with Crippen molar-refractivity contribution in [1.82, 2.24) is 20.2 Å². The molecule has 1 aliphatic rings. The van der Waals surface area contributed by atoms with Crippen molar-refractivity contribution >= 4 is 41.1 Å². The highest BCUT2D eigenvalue weighted by Crippen LogP contribution is 2.33. The fourth-order valence-electron chi connectivity index (χ4n) is 4.61. The summed E-state index contributed by atoms with van der Waals surface area (Å²) < 4.78 is 53.9. The summed E-state index contributed by atoms with van der Waals surface area (Å²) in [5.74, 6) is -1.42. The van der Waals surface area contributed by atoms with Crippen LogP contribution in [0.1, 0.15) is 24.8 Å². The van der Waals surface area contributed by atoms with Crippen LogP contribution in [-0.2, 0) is 15.8 Å². The molecule has 208 valence electrons. The molecule has 0 bridgehead atoms. The van der Waals surface area contributed by atoms with Crippen LogP contribution in [0.3, 0.4) is 0 Å². The van der Waals surface area contributed by atoms with Crippen molar-refractivity contribution in [2.24, 2.45) is 5.92 Å². The van der Waals surface area contributed by atoms with Gasteiger partial charge < -0.3 is 31.0 Å². The van der Waals surface area contributed by atoms with Gasteiger partial charge in [-0.15, -0.1) is 0 Å². The van der Waals surface area contributed by atoms with E-state index >= 15 is 0 Å². The highest BCUT2D eigenvalue weighted by atomic mass is 35.5. The average Bonchev–Trinajstić information content (AvgIpc) is 2.88. The molecular weight excluding hydrogens is 530 g/mol. The number of rotatable bonds is 10. The van der Waals surface area contributed by atoms with Crippen LogP contribution in [0.5, 0.6) is 0 Å². The number of nitrogens with two attached hydrogens (primary N) is 1. The summed E-state index contributed by atoms with van der Waals surface area (Å²) >= 11 is 5.83.